The first-order chi connectivity index (χ1) is 17.5. The van der Waals surface area contributed by atoms with Crippen molar-refractivity contribution in [1.82, 2.24) is 4.90 Å². The molecule has 0 atom stereocenters. The number of hydrogen-bond acceptors (Lipinski definition) is 4. The van der Waals surface area contributed by atoms with Crippen LogP contribution >= 0.6 is 0 Å². The van der Waals surface area contributed by atoms with Gasteiger partial charge in [-0.25, -0.2) is 8.78 Å². The molecule has 7 heteroatoms. The molecule has 5 nitrogen and oxygen atoms in total. The molecule has 2 aliphatic rings. The van der Waals surface area contributed by atoms with Crippen LogP contribution in [0.3, 0.4) is 0 Å². The summed E-state index contributed by atoms with van der Waals surface area (Å²) in [5.41, 5.74) is 3.41. The van der Waals surface area contributed by atoms with Crippen LogP contribution in [0.25, 0.3) is 11.1 Å². The minimum Gasteiger partial charge on any atom is -0.385 e. The van der Waals surface area contributed by atoms with Gasteiger partial charge in [-0.15, -0.1) is 0 Å². The summed E-state index contributed by atoms with van der Waals surface area (Å²) >= 11 is 0. The van der Waals surface area contributed by atoms with E-state index in [1.807, 2.05) is 12.1 Å². The summed E-state index contributed by atoms with van der Waals surface area (Å²) in [6.07, 6.45) is 4.34. The highest BCUT2D eigenvalue weighted by Crippen LogP contribution is 2.38. The molecule has 3 aromatic carbocycles. The minimum absolute atomic E-state index is 0.113. The van der Waals surface area contributed by atoms with E-state index in [-0.39, 0.29) is 23.7 Å². The maximum atomic E-state index is 14.4. The number of likely N-dealkylation sites (tertiary alicyclic amines) is 1. The Bertz CT molecular complexity index is 1280. The summed E-state index contributed by atoms with van der Waals surface area (Å²) in [5, 5.41) is 6.24. The molecule has 36 heavy (non-hydrogen) atoms. The highest BCUT2D eigenvalue weighted by Gasteiger charge is 2.28. The normalized spacial score (nSPS) is 15.2. The van der Waals surface area contributed by atoms with Crippen molar-refractivity contribution in [3.8, 4) is 11.1 Å². The van der Waals surface area contributed by atoms with Crippen LogP contribution in [0.15, 0.2) is 54.6 Å². The van der Waals surface area contributed by atoms with Crippen LogP contribution in [0, 0.1) is 11.6 Å². The lowest BCUT2D eigenvalue weighted by Crippen LogP contribution is -2.22. The van der Waals surface area contributed by atoms with Crippen LogP contribution in [0.1, 0.15) is 52.0 Å². The smallest absolute Gasteiger partial charge is 0.255 e. The minimum atomic E-state index is -0.944. The summed E-state index contributed by atoms with van der Waals surface area (Å²) in [5.74, 6) is -2.33. The van der Waals surface area contributed by atoms with Gasteiger partial charge >= 0.3 is 0 Å². The summed E-state index contributed by atoms with van der Waals surface area (Å²) < 4.78 is 28.3. The van der Waals surface area contributed by atoms with Gasteiger partial charge in [0.1, 0.15) is 0 Å². The van der Waals surface area contributed by atoms with E-state index in [1.165, 1.54) is 38.1 Å². The zero-order valence-electron chi connectivity index (χ0n) is 20.1. The molecule has 0 radical (unpaired) electrons. The number of carbonyl (C=O) groups is 2. The molecule has 0 bridgehead atoms. The molecule has 0 unspecified atom stereocenters. The van der Waals surface area contributed by atoms with E-state index in [1.54, 1.807) is 24.3 Å². The number of carbonyl (C=O) groups excluding carboxylic acids is 2. The standard InChI is InChI=1S/C29H29F2N3O2/c30-24-6-3-5-23(28(24)31)21-11-13-25(27-22(21)12-14-26(27)35)33-29(36)19-7-9-20(10-8-19)32-15-4-18-34-16-1-2-17-34/h3,5-11,13,32H,1-2,4,12,14-18H2,(H,33,36). The molecule has 1 aliphatic heterocycles. The number of benzene rings is 3. The zero-order chi connectivity index (χ0) is 25.1. The van der Waals surface area contributed by atoms with Crippen LogP contribution < -0.4 is 10.6 Å². The number of ketones is 1. The zero-order valence-corrected chi connectivity index (χ0v) is 20.1. The SMILES string of the molecule is O=C(Nc1ccc(-c2cccc(F)c2F)c2c1C(=O)CC2)c1ccc(NCCCN2CCCC2)cc1. The van der Waals surface area contributed by atoms with E-state index in [0.717, 1.165) is 31.3 Å². The Hall–Kier alpha value is -3.58. The Morgan fingerprint density at radius 3 is 2.47 bits per heavy atom. The van der Waals surface area contributed by atoms with E-state index in [2.05, 4.69) is 15.5 Å². The highest BCUT2D eigenvalue weighted by atomic mass is 19.2. The van der Waals surface area contributed by atoms with Crippen LogP contribution in [-0.2, 0) is 6.42 Å². The van der Waals surface area contributed by atoms with Crippen molar-refractivity contribution in [1.29, 1.82) is 0 Å². The third-order valence-electron chi connectivity index (χ3n) is 7.01. The Balaban J connectivity index is 1.27. The van der Waals surface area contributed by atoms with Crippen molar-refractivity contribution in [3.05, 3.63) is 82.9 Å². The number of fused-ring (bicyclic) bond motifs is 1. The van der Waals surface area contributed by atoms with Gasteiger partial charge in [0.15, 0.2) is 17.4 Å². The van der Waals surface area contributed by atoms with Crippen LogP contribution in [0.2, 0.25) is 0 Å². The third kappa shape index (κ3) is 5.02. The van der Waals surface area contributed by atoms with Crippen molar-refractivity contribution in [2.75, 3.05) is 36.8 Å². The van der Waals surface area contributed by atoms with E-state index >= 15 is 0 Å². The van der Waals surface area contributed by atoms with Crippen molar-refractivity contribution in [3.63, 3.8) is 0 Å². The topological polar surface area (TPSA) is 61.4 Å². The predicted molar refractivity (Wildman–Crippen MR) is 138 cm³/mol. The fourth-order valence-electron chi connectivity index (χ4n) is 5.13. The maximum absolute atomic E-state index is 14.4. The van der Waals surface area contributed by atoms with Gasteiger partial charge in [0.2, 0.25) is 0 Å². The van der Waals surface area contributed by atoms with Crippen molar-refractivity contribution < 1.29 is 18.4 Å². The summed E-state index contributed by atoms with van der Waals surface area (Å²) in [6.45, 7) is 4.36. The van der Waals surface area contributed by atoms with Crippen LogP contribution in [0.4, 0.5) is 20.2 Å². The quantitative estimate of drug-likeness (QED) is 0.386. The summed E-state index contributed by atoms with van der Waals surface area (Å²) in [6, 6.07) is 14.5. The van der Waals surface area contributed by atoms with Gasteiger partial charge in [-0.2, -0.15) is 0 Å². The van der Waals surface area contributed by atoms with Gasteiger partial charge in [-0.05, 0) is 92.8 Å². The molecular formula is C29H29F2N3O2. The Morgan fingerprint density at radius 1 is 0.917 bits per heavy atom. The average molecular weight is 490 g/mol. The molecule has 186 valence electrons. The van der Waals surface area contributed by atoms with Gasteiger partial charge in [0, 0.05) is 35.3 Å². The number of amides is 1. The number of rotatable bonds is 8. The highest BCUT2D eigenvalue weighted by molar-refractivity contribution is 6.12. The lowest BCUT2D eigenvalue weighted by Gasteiger charge is -2.15. The number of Topliss-reactive ketones (excluding diaryl/α,β-unsaturated/α-hetero) is 1. The fourth-order valence-corrected chi connectivity index (χ4v) is 5.13. The molecule has 5 rings (SSSR count). The maximum Gasteiger partial charge on any atom is 0.255 e. The lowest BCUT2D eigenvalue weighted by atomic mass is 9.95. The van der Waals surface area contributed by atoms with Gasteiger partial charge in [-0.1, -0.05) is 18.2 Å². The first-order valence-corrected chi connectivity index (χ1v) is 12.5. The van der Waals surface area contributed by atoms with E-state index in [9.17, 15) is 18.4 Å². The third-order valence-corrected chi connectivity index (χ3v) is 7.01. The van der Waals surface area contributed by atoms with Gasteiger partial charge in [-0.3, -0.25) is 9.59 Å². The van der Waals surface area contributed by atoms with E-state index < -0.39 is 11.6 Å². The second-order valence-electron chi connectivity index (χ2n) is 9.40. The van der Waals surface area contributed by atoms with E-state index in [0.29, 0.717) is 34.4 Å². The molecule has 0 saturated carbocycles. The predicted octanol–water partition coefficient (Wildman–Crippen LogP) is 5.91. The largest absolute Gasteiger partial charge is 0.385 e. The molecule has 1 fully saturated rings. The fraction of sp³-hybridized carbons (Fsp3) is 0.310. The second-order valence-corrected chi connectivity index (χ2v) is 9.40. The molecule has 1 aliphatic carbocycles. The second kappa shape index (κ2) is 10.6. The lowest BCUT2D eigenvalue weighted by molar-refractivity contribution is 0.0995. The van der Waals surface area contributed by atoms with Crippen molar-refractivity contribution in [2.24, 2.45) is 0 Å². The van der Waals surface area contributed by atoms with Crippen molar-refractivity contribution in [2.45, 2.75) is 32.1 Å². The van der Waals surface area contributed by atoms with Crippen molar-refractivity contribution >= 4 is 23.1 Å². The summed E-state index contributed by atoms with van der Waals surface area (Å²) in [7, 11) is 0. The first-order valence-electron chi connectivity index (χ1n) is 12.5. The van der Waals surface area contributed by atoms with Gasteiger partial charge in [0.05, 0.1) is 5.69 Å². The first kappa shape index (κ1) is 24.1. The van der Waals surface area contributed by atoms with Crippen LogP contribution in [0.5, 0.6) is 0 Å². The molecule has 1 amide bonds. The van der Waals surface area contributed by atoms with Gasteiger partial charge in [0.25, 0.3) is 5.91 Å². The number of nitrogens with zero attached hydrogens (tertiary/aromatic N) is 1. The molecular weight excluding hydrogens is 460 g/mol. The van der Waals surface area contributed by atoms with Gasteiger partial charge < -0.3 is 15.5 Å². The summed E-state index contributed by atoms with van der Waals surface area (Å²) in [4.78, 5) is 28.1. The Labute approximate surface area is 209 Å². The number of hydrogen-bond donors (Lipinski definition) is 2. The van der Waals surface area contributed by atoms with Crippen LogP contribution in [-0.4, -0.2) is 42.8 Å². The monoisotopic (exact) mass is 489 g/mol. The molecule has 3 aromatic rings. The number of halogens is 2. The number of nitrogens with one attached hydrogen (secondary N) is 2. The molecule has 0 aromatic heterocycles. The average Bonchev–Trinajstić information content (AvgIpc) is 3.55. The molecule has 1 saturated heterocycles. The van der Waals surface area contributed by atoms with E-state index in [4.69, 9.17) is 0 Å². The Kier molecular flexibility index (Phi) is 7.09. The molecule has 0 spiro atoms. The number of anilines is 2. The molecule has 1 heterocycles. The Morgan fingerprint density at radius 2 is 1.69 bits per heavy atom. The molecule has 2 N–H and O–H groups in total.